The molecule has 4 rings (SSSR count). The summed E-state index contributed by atoms with van der Waals surface area (Å²) in [7, 11) is 0. The number of pyridine rings is 1. The second-order valence-corrected chi connectivity index (χ2v) is 8.03. The van der Waals surface area contributed by atoms with Gasteiger partial charge in [0.25, 0.3) is 0 Å². The first-order chi connectivity index (χ1) is 11.7. The first-order valence-electron chi connectivity index (χ1n) is 9.66. The Hall–Kier alpha value is -1.42. The van der Waals surface area contributed by atoms with E-state index in [1.807, 2.05) is 18.5 Å². The average Bonchev–Trinajstić information content (AvgIpc) is 3.19. The van der Waals surface area contributed by atoms with Crippen molar-refractivity contribution in [3.05, 3.63) is 30.1 Å². The SMILES string of the molecule is CC1CCC(C(=O)N2CC[C@H]3[C@H]2CCN3Cc2cccnc2)CC1. The summed E-state index contributed by atoms with van der Waals surface area (Å²) in [4.78, 5) is 22.1. The van der Waals surface area contributed by atoms with Crippen molar-refractivity contribution in [3.63, 3.8) is 0 Å². The van der Waals surface area contributed by atoms with Crippen LogP contribution in [0.4, 0.5) is 0 Å². The molecule has 3 fully saturated rings. The molecule has 1 aromatic heterocycles. The second kappa shape index (κ2) is 6.83. The molecule has 0 radical (unpaired) electrons. The van der Waals surface area contributed by atoms with E-state index in [-0.39, 0.29) is 0 Å². The number of carbonyl (C=O) groups excluding carboxylic acids is 1. The summed E-state index contributed by atoms with van der Waals surface area (Å²) in [5.74, 6) is 1.56. The Kier molecular flexibility index (Phi) is 4.57. The van der Waals surface area contributed by atoms with Gasteiger partial charge in [0.1, 0.15) is 0 Å². The summed E-state index contributed by atoms with van der Waals surface area (Å²) in [6.07, 6.45) is 10.7. The molecule has 2 saturated heterocycles. The molecule has 24 heavy (non-hydrogen) atoms. The molecule has 3 heterocycles. The molecule has 1 saturated carbocycles. The maximum absolute atomic E-state index is 13.0. The first-order valence-corrected chi connectivity index (χ1v) is 9.66. The van der Waals surface area contributed by atoms with E-state index in [1.165, 1.54) is 18.4 Å². The molecular formula is C20H29N3O. The summed E-state index contributed by atoms with van der Waals surface area (Å²) in [6.45, 7) is 5.36. The van der Waals surface area contributed by atoms with Crippen LogP contribution in [-0.4, -0.2) is 45.9 Å². The predicted octanol–water partition coefficient (Wildman–Crippen LogP) is 3.08. The van der Waals surface area contributed by atoms with Gasteiger partial charge in [0.05, 0.1) is 0 Å². The molecule has 3 aliphatic rings. The van der Waals surface area contributed by atoms with E-state index in [1.54, 1.807) is 0 Å². The summed E-state index contributed by atoms with van der Waals surface area (Å²) >= 11 is 0. The van der Waals surface area contributed by atoms with Gasteiger partial charge in [-0.2, -0.15) is 0 Å². The molecule has 130 valence electrons. The number of aromatic nitrogens is 1. The van der Waals surface area contributed by atoms with Crippen LogP contribution in [0.15, 0.2) is 24.5 Å². The van der Waals surface area contributed by atoms with Crippen molar-refractivity contribution in [2.24, 2.45) is 11.8 Å². The fraction of sp³-hybridized carbons (Fsp3) is 0.700. The van der Waals surface area contributed by atoms with Crippen molar-refractivity contribution in [3.8, 4) is 0 Å². The number of fused-ring (bicyclic) bond motifs is 1. The van der Waals surface area contributed by atoms with E-state index in [0.717, 1.165) is 51.2 Å². The molecule has 0 N–H and O–H groups in total. The zero-order valence-electron chi connectivity index (χ0n) is 14.7. The van der Waals surface area contributed by atoms with Crippen molar-refractivity contribution >= 4 is 5.91 Å². The van der Waals surface area contributed by atoms with E-state index in [0.29, 0.717) is 23.9 Å². The van der Waals surface area contributed by atoms with Crippen LogP contribution in [-0.2, 0) is 11.3 Å². The molecule has 4 nitrogen and oxygen atoms in total. The van der Waals surface area contributed by atoms with Crippen molar-refractivity contribution in [2.45, 2.75) is 64.1 Å². The van der Waals surface area contributed by atoms with Crippen LogP contribution >= 0.6 is 0 Å². The number of hydrogen-bond donors (Lipinski definition) is 0. The van der Waals surface area contributed by atoms with Gasteiger partial charge in [0, 0.05) is 50.0 Å². The fourth-order valence-corrected chi connectivity index (χ4v) is 5.01. The highest BCUT2D eigenvalue weighted by atomic mass is 16.2. The van der Waals surface area contributed by atoms with Gasteiger partial charge in [0.2, 0.25) is 5.91 Å². The highest BCUT2D eigenvalue weighted by Crippen LogP contribution is 2.36. The van der Waals surface area contributed by atoms with Gasteiger partial charge >= 0.3 is 0 Å². The Balaban J connectivity index is 1.38. The van der Waals surface area contributed by atoms with Crippen LogP contribution < -0.4 is 0 Å². The van der Waals surface area contributed by atoms with Crippen LogP contribution in [0.1, 0.15) is 51.0 Å². The average molecular weight is 327 g/mol. The zero-order valence-corrected chi connectivity index (χ0v) is 14.7. The fourth-order valence-electron chi connectivity index (χ4n) is 5.01. The highest BCUT2D eigenvalue weighted by Gasteiger charge is 2.45. The summed E-state index contributed by atoms with van der Waals surface area (Å²) in [5, 5.41) is 0. The summed E-state index contributed by atoms with van der Waals surface area (Å²) < 4.78 is 0. The molecular weight excluding hydrogens is 298 g/mol. The van der Waals surface area contributed by atoms with E-state index < -0.39 is 0 Å². The lowest BCUT2D eigenvalue weighted by Gasteiger charge is -2.32. The minimum absolute atomic E-state index is 0.298. The molecule has 0 bridgehead atoms. The topological polar surface area (TPSA) is 36.4 Å². The lowest BCUT2D eigenvalue weighted by atomic mass is 9.82. The number of nitrogens with zero attached hydrogens (tertiary/aromatic N) is 3. The molecule has 4 heteroatoms. The number of likely N-dealkylation sites (tertiary alicyclic amines) is 2. The third-order valence-corrected chi connectivity index (χ3v) is 6.45. The maximum atomic E-state index is 13.0. The third kappa shape index (κ3) is 3.08. The summed E-state index contributed by atoms with van der Waals surface area (Å²) in [6, 6.07) is 5.17. The van der Waals surface area contributed by atoms with Gasteiger partial charge < -0.3 is 4.90 Å². The highest BCUT2D eigenvalue weighted by molar-refractivity contribution is 5.79. The molecule has 0 aromatic carbocycles. The van der Waals surface area contributed by atoms with Crippen LogP contribution in [0.25, 0.3) is 0 Å². The van der Waals surface area contributed by atoms with Gasteiger partial charge in [0.15, 0.2) is 0 Å². The quantitative estimate of drug-likeness (QED) is 0.856. The van der Waals surface area contributed by atoms with Crippen molar-refractivity contribution in [1.29, 1.82) is 0 Å². The largest absolute Gasteiger partial charge is 0.338 e. The number of amides is 1. The van der Waals surface area contributed by atoms with Crippen LogP contribution in [0, 0.1) is 11.8 Å². The monoisotopic (exact) mass is 327 g/mol. The Bertz CT molecular complexity index is 568. The Morgan fingerprint density at radius 2 is 1.92 bits per heavy atom. The molecule has 2 aliphatic heterocycles. The lowest BCUT2D eigenvalue weighted by Crippen LogP contribution is -2.43. The third-order valence-electron chi connectivity index (χ3n) is 6.45. The lowest BCUT2D eigenvalue weighted by molar-refractivity contribution is -0.137. The molecule has 1 aromatic rings. The minimum atomic E-state index is 0.298. The normalized spacial score (nSPS) is 33.6. The van der Waals surface area contributed by atoms with Crippen molar-refractivity contribution in [1.82, 2.24) is 14.8 Å². The van der Waals surface area contributed by atoms with E-state index in [9.17, 15) is 4.79 Å². The van der Waals surface area contributed by atoms with Crippen molar-refractivity contribution < 1.29 is 4.79 Å². The Morgan fingerprint density at radius 1 is 1.12 bits per heavy atom. The number of hydrogen-bond acceptors (Lipinski definition) is 3. The molecule has 0 spiro atoms. The summed E-state index contributed by atoms with van der Waals surface area (Å²) in [5.41, 5.74) is 1.28. The van der Waals surface area contributed by atoms with Gasteiger partial charge in [-0.15, -0.1) is 0 Å². The molecule has 0 unspecified atom stereocenters. The molecule has 2 atom stereocenters. The van der Waals surface area contributed by atoms with E-state index >= 15 is 0 Å². The van der Waals surface area contributed by atoms with Crippen LogP contribution in [0.5, 0.6) is 0 Å². The first kappa shape index (κ1) is 16.1. The Labute approximate surface area is 145 Å². The zero-order chi connectivity index (χ0) is 16.5. The molecule has 1 amide bonds. The van der Waals surface area contributed by atoms with Crippen LogP contribution in [0.3, 0.4) is 0 Å². The smallest absolute Gasteiger partial charge is 0.225 e. The van der Waals surface area contributed by atoms with Gasteiger partial charge in [-0.1, -0.05) is 13.0 Å². The van der Waals surface area contributed by atoms with Crippen LogP contribution in [0.2, 0.25) is 0 Å². The maximum Gasteiger partial charge on any atom is 0.225 e. The number of rotatable bonds is 3. The number of carbonyl (C=O) groups is 1. The second-order valence-electron chi connectivity index (χ2n) is 8.03. The van der Waals surface area contributed by atoms with Gasteiger partial charge in [-0.05, 0) is 56.1 Å². The van der Waals surface area contributed by atoms with E-state index in [2.05, 4.69) is 27.8 Å². The van der Waals surface area contributed by atoms with Crippen molar-refractivity contribution in [2.75, 3.05) is 13.1 Å². The predicted molar refractivity (Wildman–Crippen MR) is 94.3 cm³/mol. The minimum Gasteiger partial charge on any atom is -0.338 e. The molecule has 1 aliphatic carbocycles. The standard InChI is InChI=1S/C20H29N3O/c1-15-4-6-17(7-5-15)20(24)23-12-9-18-19(23)8-11-22(18)14-16-3-2-10-21-13-16/h2-3,10,13,15,17-19H,4-9,11-12,14H2,1H3/t15?,17?,18-,19+/m0/s1. The van der Waals surface area contributed by atoms with Gasteiger partial charge in [-0.25, -0.2) is 0 Å². The van der Waals surface area contributed by atoms with Gasteiger partial charge in [-0.3, -0.25) is 14.7 Å². The van der Waals surface area contributed by atoms with E-state index in [4.69, 9.17) is 0 Å². The Morgan fingerprint density at radius 3 is 2.67 bits per heavy atom.